The van der Waals surface area contributed by atoms with Crippen molar-refractivity contribution < 1.29 is 17.6 Å². The largest absolute Gasteiger partial charge is 0.356 e. The van der Waals surface area contributed by atoms with E-state index in [2.05, 4.69) is 20.9 Å². The molecule has 0 atom stereocenters. The number of rotatable bonds is 8. The van der Waals surface area contributed by atoms with Crippen molar-refractivity contribution in [3.8, 4) is 0 Å². The highest BCUT2D eigenvalue weighted by atomic mass is 127. The topological polar surface area (TPSA) is 99.7 Å². The molecule has 31 heavy (non-hydrogen) atoms. The molecule has 7 nitrogen and oxygen atoms in total. The van der Waals surface area contributed by atoms with Crippen LogP contribution in [0, 0.1) is 12.7 Å². The van der Waals surface area contributed by atoms with Crippen LogP contribution in [0.2, 0.25) is 0 Å². The number of carbonyl (C=O) groups excluding carboxylic acids is 1. The number of hydrogen-bond donors (Lipinski definition) is 3. The Morgan fingerprint density at radius 2 is 1.61 bits per heavy atom. The summed E-state index contributed by atoms with van der Waals surface area (Å²) in [4.78, 5) is 16.5. The smallest absolute Gasteiger partial charge is 0.251 e. The molecule has 0 unspecified atom stereocenters. The number of aliphatic imine (C=N–C) groups is 1. The molecule has 0 aliphatic heterocycles. The molecule has 0 aromatic heterocycles. The highest BCUT2D eigenvalue weighted by Gasteiger charge is 2.08. The summed E-state index contributed by atoms with van der Waals surface area (Å²) >= 11 is 0. The summed E-state index contributed by atoms with van der Waals surface area (Å²) in [7, 11) is -1.55. The van der Waals surface area contributed by atoms with Gasteiger partial charge in [0.05, 0.1) is 4.90 Å². The standard InChI is InChI=1S/C21H27FN4O3S.HI/c1-15-4-7-17(14-19(15)22)20(27)24-12-13-26-21(23-2)25-11-10-16-5-8-18(9-6-16)30(3,28)29;/h4-9,14H,10-13H2,1-3H3,(H,24,27)(H2,23,25,26);1H. The van der Waals surface area contributed by atoms with E-state index in [0.29, 0.717) is 42.5 Å². The van der Waals surface area contributed by atoms with Crippen LogP contribution in [0.3, 0.4) is 0 Å². The number of nitrogens with zero attached hydrogens (tertiary/aromatic N) is 1. The van der Waals surface area contributed by atoms with E-state index in [9.17, 15) is 17.6 Å². The normalized spacial score (nSPS) is 11.4. The summed E-state index contributed by atoms with van der Waals surface area (Å²) in [5.41, 5.74) is 1.78. The lowest BCUT2D eigenvalue weighted by Gasteiger charge is -2.12. The van der Waals surface area contributed by atoms with Gasteiger partial charge in [0, 0.05) is 38.5 Å². The molecule has 2 aromatic carbocycles. The van der Waals surface area contributed by atoms with Crippen LogP contribution in [0.25, 0.3) is 0 Å². The van der Waals surface area contributed by atoms with E-state index in [4.69, 9.17) is 0 Å². The van der Waals surface area contributed by atoms with Gasteiger partial charge in [-0.2, -0.15) is 0 Å². The van der Waals surface area contributed by atoms with E-state index in [1.54, 1.807) is 50.4 Å². The quantitative estimate of drug-likeness (QED) is 0.199. The highest BCUT2D eigenvalue weighted by Crippen LogP contribution is 2.10. The van der Waals surface area contributed by atoms with Crippen LogP contribution in [0.4, 0.5) is 4.39 Å². The van der Waals surface area contributed by atoms with Gasteiger partial charge >= 0.3 is 0 Å². The molecule has 3 N–H and O–H groups in total. The molecule has 0 saturated heterocycles. The monoisotopic (exact) mass is 562 g/mol. The summed E-state index contributed by atoms with van der Waals surface area (Å²) in [5, 5.41) is 8.96. The van der Waals surface area contributed by atoms with Gasteiger partial charge in [0.25, 0.3) is 5.91 Å². The molecule has 0 aliphatic rings. The fourth-order valence-corrected chi connectivity index (χ4v) is 3.27. The third kappa shape index (κ3) is 8.82. The Balaban J connectivity index is 0.00000480. The zero-order valence-electron chi connectivity index (χ0n) is 17.7. The first-order valence-electron chi connectivity index (χ1n) is 9.48. The Morgan fingerprint density at radius 3 is 2.19 bits per heavy atom. The molecule has 0 spiro atoms. The third-order valence-electron chi connectivity index (χ3n) is 4.42. The summed E-state index contributed by atoms with van der Waals surface area (Å²) in [6, 6.07) is 11.2. The Kier molecular flexibility index (Phi) is 10.9. The average Bonchev–Trinajstić information content (AvgIpc) is 2.71. The molecule has 0 heterocycles. The molecule has 2 rings (SSSR count). The van der Waals surface area contributed by atoms with Crippen molar-refractivity contribution in [2.75, 3.05) is 32.9 Å². The van der Waals surface area contributed by atoms with Gasteiger partial charge < -0.3 is 16.0 Å². The second-order valence-corrected chi connectivity index (χ2v) is 8.83. The van der Waals surface area contributed by atoms with Crippen LogP contribution in [-0.2, 0) is 16.3 Å². The molecule has 0 bridgehead atoms. The van der Waals surface area contributed by atoms with Gasteiger partial charge in [-0.15, -0.1) is 24.0 Å². The summed E-state index contributed by atoms with van der Waals surface area (Å²) in [5.74, 6) is -0.161. The Morgan fingerprint density at radius 1 is 1.00 bits per heavy atom. The number of benzene rings is 2. The van der Waals surface area contributed by atoms with Crippen molar-refractivity contribution in [1.82, 2.24) is 16.0 Å². The molecule has 0 saturated carbocycles. The van der Waals surface area contributed by atoms with Crippen molar-refractivity contribution in [1.29, 1.82) is 0 Å². The van der Waals surface area contributed by atoms with E-state index in [0.717, 1.165) is 5.56 Å². The van der Waals surface area contributed by atoms with Crippen molar-refractivity contribution in [3.63, 3.8) is 0 Å². The second kappa shape index (κ2) is 12.6. The number of nitrogens with one attached hydrogen (secondary N) is 3. The minimum atomic E-state index is -3.19. The van der Waals surface area contributed by atoms with E-state index >= 15 is 0 Å². The van der Waals surface area contributed by atoms with Crippen LogP contribution in [0.1, 0.15) is 21.5 Å². The summed E-state index contributed by atoms with van der Waals surface area (Å²) in [6.45, 7) is 3.04. The maximum absolute atomic E-state index is 13.5. The van der Waals surface area contributed by atoms with Crippen LogP contribution < -0.4 is 16.0 Å². The average molecular weight is 562 g/mol. The van der Waals surface area contributed by atoms with Gasteiger partial charge in [-0.3, -0.25) is 9.79 Å². The third-order valence-corrected chi connectivity index (χ3v) is 5.55. The lowest BCUT2D eigenvalue weighted by atomic mass is 10.1. The minimum absolute atomic E-state index is 0. The van der Waals surface area contributed by atoms with Gasteiger partial charge in [-0.1, -0.05) is 18.2 Å². The first kappa shape index (κ1) is 26.8. The molecule has 0 aliphatic carbocycles. The second-order valence-electron chi connectivity index (χ2n) is 6.81. The van der Waals surface area contributed by atoms with Crippen molar-refractivity contribution in [2.45, 2.75) is 18.2 Å². The first-order chi connectivity index (χ1) is 14.2. The molecule has 2 aromatic rings. The lowest BCUT2D eigenvalue weighted by Crippen LogP contribution is -2.42. The highest BCUT2D eigenvalue weighted by molar-refractivity contribution is 14.0. The number of hydrogen-bond acceptors (Lipinski definition) is 4. The molecule has 0 fully saturated rings. The van der Waals surface area contributed by atoms with Gasteiger partial charge in [-0.05, 0) is 48.7 Å². The van der Waals surface area contributed by atoms with Crippen molar-refractivity contribution in [3.05, 3.63) is 65.0 Å². The Bertz CT molecular complexity index is 1010. The first-order valence-corrected chi connectivity index (χ1v) is 11.4. The lowest BCUT2D eigenvalue weighted by molar-refractivity contribution is 0.0954. The predicted octanol–water partition coefficient (Wildman–Crippen LogP) is 2.29. The fraction of sp³-hybridized carbons (Fsp3) is 0.333. The molecular formula is C21H28FIN4O3S. The van der Waals surface area contributed by atoms with E-state index in [-0.39, 0.29) is 35.4 Å². The number of sulfone groups is 1. The number of amides is 1. The van der Waals surface area contributed by atoms with Gasteiger partial charge in [0.15, 0.2) is 15.8 Å². The SMILES string of the molecule is CN=C(NCCNC(=O)c1ccc(C)c(F)c1)NCCc1ccc(S(C)(=O)=O)cc1.I. The van der Waals surface area contributed by atoms with E-state index in [1.165, 1.54) is 12.3 Å². The Hall–Kier alpha value is -2.21. The van der Waals surface area contributed by atoms with Crippen LogP contribution in [0.15, 0.2) is 52.4 Å². The maximum Gasteiger partial charge on any atom is 0.251 e. The van der Waals surface area contributed by atoms with E-state index in [1.807, 2.05) is 0 Å². The van der Waals surface area contributed by atoms with Crippen LogP contribution >= 0.6 is 24.0 Å². The van der Waals surface area contributed by atoms with E-state index < -0.39 is 15.7 Å². The fourth-order valence-electron chi connectivity index (χ4n) is 2.64. The number of halogens is 2. The van der Waals surface area contributed by atoms with Crippen LogP contribution in [-0.4, -0.2) is 53.2 Å². The predicted molar refractivity (Wildman–Crippen MR) is 132 cm³/mol. The van der Waals surface area contributed by atoms with Crippen molar-refractivity contribution in [2.24, 2.45) is 4.99 Å². The zero-order valence-corrected chi connectivity index (χ0v) is 20.9. The molecule has 1 amide bonds. The van der Waals surface area contributed by atoms with Gasteiger partial charge in [0.2, 0.25) is 0 Å². The molecular weight excluding hydrogens is 534 g/mol. The maximum atomic E-state index is 13.5. The number of carbonyl (C=O) groups is 1. The number of guanidine groups is 1. The molecule has 10 heteroatoms. The summed E-state index contributed by atoms with van der Waals surface area (Å²) in [6.07, 6.45) is 1.88. The molecule has 170 valence electrons. The van der Waals surface area contributed by atoms with Crippen molar-refractivity contribution >= 4 is 45.7 Å². The van der Waals surface area contributed by atoms with Crippen LogP contribution in [0.5, 0.6) is 0 Å². The van der Waals surface area contributed by atoms with Gasteiger partial charge in [0.1, 0.15) is 5.82 Å². The molecule has 0 radical (unpaired) electrons. The van der Waals surface area contributed by atoms with Gasteiger partial charge in [-0.25, -0.2) is 12.8 Å². The Labute approximate surface area is 199 Å². The zero-order chi connectivity index (χ0) is 22.1. The number of aryl methyl sites for hydroxylation is 1. The summed E-state index contributed by atoms with van der Waals surface area (Å²) < 4.78 is 36.5. The minimum Gasteiger partial charge on any atom is -0.356 e.